The summed E-state index contributed by atoms with van der Waals surface area (Å²) < 4.78 is 5.77. The van der Waals surface area contributed by atoms with Gasteiger partial charge in [-0.15, -0.1) is 11.8 Å². The lowest BCUT2D eigenvalue weighted by Gasteiger charge is -2.15. The Bertz CT molecular complexity index is 762. The fourth-order valence-electron chi connectivity index (χ4n) is 2.33. The van der Waals surface area contributed by atoms with Crippen LogP contribution in [0.5, 0.6) is 5.75 Å². The molecule has 0 saturated heterocycles. The molecule has 0 spiro atoms. The van der Waals surface area contributed by atoms with Gasteiger partial charge in [0.2, 0.25) is 11.8 Å². The first-order chi connectivity index (χ1) is 13.0. The Kier molecular flexibility index (Phi) is 8.20. The van der Waals surface area contributed by atoms with Crippen LogP contribution in [0.25, 0.3) is 0 Å². The molecule has 0 heterocycles. The van der Waals surface area contributed by atoms with Gasteiger partial charge in [-0.25, -0.2) is 0 Å². The summed E-state index contributed by atoms with van der Waals surface area (Å²) >= 11 is 1.46. The minimum Gasteiger partial charge on any atom is -0.491 e. The molecule has 6 heteroatoms. The number of hydrogen-bond donors (Lipinski definition) is 2. The lowest BCUT2D eigenvalue weighted by atomic mass is 10.2. The largest absolute Gasteiger partial charge is 0.491 e. The summed E-state index contributed by atoms with van der Waals surface area (Å²) in [5.41, 5.74) is 1.43. The van der Waals surface area contributed by atoms with E-state index < -0.39 is 0 Å². The number of hydrogen-bond acceptors (Lipinski definition) is 4. The molecule has 2 rings (SSSR count). The van der Waals surface area contributed by atoms with Crippen LogP contribution in [0.4, 0.5) is 11.4 Å². The zero-order chi connectivity index (χ0) is 19.6. The van der Waals surface area contributed by atoms with Gasteiger partial charge in [-0.05, 0) is 49.7 Å². The van der Waals surface area contributed by atoms with Crippen LogP contribution in [-0.2, 0) is 9.59 Å². The highest BCUT2D eigenvalue weighted by molar-refractivity contribution is 8.00. The predicted molar refractivity (Wildman–Crippen MR) is 112 cm³/mol. The van der Waals surface area contributed by atoms with E-state index in [9.17, 15) is 9.59 Å². The number of nitrogens with one attached hydrogen (secondary N) is 2. The third-order valence-corrected chi connectivity index (χ3v) is 4.87. The molecule has 0 radical (unpaired) electrons. The van der Waals surface area contributed by atoms with E-state index in [-0.39, 0.29) is 17.1 Å². The number of unbranched alkanes of at least 4 members (excludes halogenated alkanes) is 1. The second kappa shape index (κ2) is 10.6. The molecule has 0 saturated carbocycles. The molecule has 0 aliphatic heterocycles. The maximum Gasteiger partial charge on any atom is 0.237 e. The molecule has 2 aromatic rings. The van der Waals surface area contributed by atoms with Crippen LogP contribution < -0.4 is 15.4 Å². The van der Waals surface area contributed by atoms with E-state index in [1.165, 1.54) is 18.7 Å². The maximum absolute atomic E-state index is 12.6. The van der Waals surface area contributed by atoms with Gasteiger partial charge in [0.05, 0.1) is 17.5 Å². The number of thioether (sulfide) groups is 1. The van der Waals surface area contributed by atoms with Crippen molar-refractivity contribution in [2.45, 2.75) is 43.8 Å². The average Bonchev–Trinajstić information content (AvgIpc) is 2.64. The van der Waals surface area contributed by atoms with Gasteiger partial charge >= 0.3 is 0 Å². The summed E-state index contributed by atoms with van der Waals surface area (Å²) in [5, 5.41) is 5.40. The lowest BCUT2D eigenvalue weighted by molar-refractivity contribution is -0.115. The highest BCUT2D eigenvalue weighted by Crippen LogP contribution is 2.28. The van der Waals surface area contributed by atoms with E-state index in [1.54, 1.807) is 0 Å². The van der Waals surface area contributed by atoms with Crippen molar-refractivity contribution < 1.29 is 14.3 Å². The van der Waals surface area contributed by atoms with Gasteiger partial charge < -0.3 is 15.4 Å². The second-order valence-electron chi connectivity index (χ2n) is 6.15. The van der Waals surface area contributed by atoms with Crippen LogP contribution in [0, 0.1) is 0 Å². The molecule has 0 aromatic heterocycles. The highest BCUT2D eigenvalue weighted by atomic mass is 32.2. The molecule has 2 amide bonds. The Morgan fingerprint density at radius 3 is 2.44 bits per heavy atom. The number of ether oxygens (including phenoxy) is 1. The van der Waals surface area contributed by atoms with E-state index >= 15 is 0 Å². The standard InChI is InChI=1S/C21H26N2O3S/c1-4-5-14-26-20-9-7-6-8-19(20)23-21(25)15(2)27-18-12-10-17(11-13-18)22-16(3)24/h6-13,15H,4-5,14H2,1-3H3,(H,22,24)(H,23,25). The zero-order valence-corrected chi connectivity index (χ0v) is 16.8. The molecule has 27 heavy (non-hydrogen) atoms. The van der Waals surface area contributed by atoms with Gasteiger partial charge in [-0.1, -0.05) is 25.5 Å². The van der Waals surface area contributed by atoms with Gasteiger partial charge in [0.15, 0.2) is 0 Å². The van der Waals surface area contributed by atoms with Crippen molar-refractivity contribution in [3.8, 4) is 5.75 Å². The molecule has 2 aromatic carbocycles. The first kappa shape index (κ1) is 20.8. The Labute approximate surface area is 164 Å². The monoisotopic (exact) mass is 386 g/mol. The lowest BCUT2D eigenvalue weighted by Crippen LogP contribution is -2.22. The molecule has 1 unspecified atom stereocenters. The third-order valence-electron chi connectivity index (χ3n) is 3.76. The Hall–Kier alpha value is -2.47. The van der Waals surface area contributed by atoms with Gasteiger partial charge in [-0.3, -0.25) is 9.59 Å². The van der Waals surface area contributed by atoms with Crippen molar-refractivity contribution in [1.29, 1.82) is 0 Å². The third kappa shape index (κ3) is 6.98. The molecule has 2 N–H and O–H groups in total. The fraction of sp³-hybridized carbons (Fsp3) is 0.333. The molecule has 1 atom stereocenters. The van der Waals surface area contributed by atoms with E-state index in [2.05, 4.69) is 17.6 Å². The fourth-order valence-corrected chi connectivity index (χ4v) is 3.20. The minimum atomic E-state index is -0.277. The Morgan fingerprint density at radius 1 is 1.07 bits per heavy atom. The Balaban J connectivity index is 1.94. The van der Waals surface area contributed by atoms with Crippen molar-refractivity contribution in [1.82, 2.24) is 0 Å². The maximum atomic E-state index is 12.6. The summed E-state index contributed by atoms with van der Waals surface area (Å²) in [6, 6.07) is 14.9. The van der Waals surface area contributed by atoms with Crippen molar-refractivity contribution in [2.24, 2.45) is 0 Å². The summed E-state index contributed by atoms with van der Waals surface area (Å²) in [6.07, 6.45) is 2.03. The smallest absolute Gasteiger partial charge is 0.237 e. The number of benzene rings is 2. The van der Waals surface area contributed by atoms with Crippen LogP contribution in [0.2, 0.25) is 0 Å². The van der Waals surface area contributed by atoms with Crippen molar-refractivity contribution >= 4 is 35.0 Å². The summed E-state index contributed by atoms with van der Waals surface area (Å²) in [7, 11) is 0. The molecular weight excluding hydrogens is 360 g/mol. The molecule has 0 bridgehead atoms. The van der Waals surface area contributed by atoms with Crippen LogP contribution in [-0.4, -0.2) is 23.7 Å². The minimum absolute atomic E-state index is 0.0857. The zero-order valence-electron chi connectivity index (χ0n) is 16.0. The molecule has 144 valence electrons. The normalized spacial score (nSPS) is 11.5. The van der Waals surface area contributed by atoms with Gasteiger partial charge in [0.1, 0.15) is 5.75 Å². The van der Waals surface area contributed by atoms with Crippen LogP contribution in [0.3, 0.4) is 0 Å². The predicted octanol–water partition coefficient (Wildman–Crippen LogP) is 4.94. The SMILES string of the molecule is CCCCOc1ccccc1NC(=O)C(C)Sc1ccc(NC(C)=O)cc1. The van der Waals surface area contributed by atoms with Gasteiger partial charge in [-0.2, -0.15) is 0 Å². The van der Waals surface area contributed by atoms with Gasteiger partial charge in [0, 0.05) is 17.5 Å². The molecular formula is C21H26N2O3S. The Morgan fingerprint density at radius 2 is 1.78 bits per heavy atom. The van der Waals surface area contributed by atoms with E-state index in [1.807, 2.05) is 55.5 Å². The first-order valence-electron chi connectivity index (χ1n) is 9.06. The first-order valence-corrected chi connectivity index (χ1v) is 9.94. The molecule has 0 aliphatic carbocycles. The summed E-state index contributed by atoms with van der Waals surface area (Å²) in [4.78, 5) is 24.6. The number of carbonyl (C=O) groups excluding carboxylic acids is 2. The topological polar surface area (TPSA) is 67.4 Å². The molecule has 0 aliphatic rings. The number of rotatable bonds is 9. The quantitative estimate of drug-likeness (QED) is 0.473. The van der Waals surface area contributed by atoms with Crippen LogP contribution in [0.1, 0.15) is 33.6 Å². The van der Waals surface area contributed by atoms with Crippen molar-refractivity contribution in [3.05, 3.63) is 48.5 Å². The summed E-state index contributed by atoms with van der Waals surface area (Å²) in [5.74, 6) is 0.497. The van der Waals surface area contributed by atoms with E-state index in [0.717, 1.165) is 23.4 Å². The van der Waals surface area contributed by atoms with Crippen molar-refractivity contribution in [3.63, 3.8) is 0 Å². The number of carbonyl (C=O) groups is 2. The number of amides is 2. The molecule has 5 nitrogen and oxygen atoms in total. The summed E-state index contributed by atoms with van der Waals surface area (Å²) in [6.45, 7) is 6.08. The number of para-hydroxylation sites is 2. The highest BCUT2D eigenvalue weighted by Gasteiger charge is 2.16. The second-order valence-corrected chi connectivity index (χ2v) is 7.57. The van der Waals surface area contributed by atoms with Crippen LogP contribution >= 0.6 is 11.8 Å². The van der Waals surface area contributed by atoms with E-state index in [0.29, 0.717) is 18.0 Å². The number of anilines is 2. The average molecular weight is 387 g/mol. The van der Waals surface area contributed by atoms with Crippen molar-refractivity contribution in [2.75, 3.05) is 17.2 Å². The van der Waals surface area contributed by atoms with E-state index in [4.69, 9.17) is 4.74 Å². The van der Waals surface area contributed by atoms with Crippen LogP contribution in [0.15, 0.2) is 53.4 Å². The molecule has 0 fully saturated rings. The van der Waals surface area contributed by atoms with Gasteiger partial charge in [0.25, 0.3) is 0 Å².